The third-order valence-corrected chi connectivity index (χ3v) is 6.90. The number of rotatable bonds is 7. The topological polar surface area (TPSA) is 60.0 Å². The molecule has 0 spiro atoms. The van der Waals surface area contributed by atoms with Gasteiger partial charge in [0, 0.05) is 12.1 Å². The van der Waals surface area contributed by atoms with Gasteiger partial charge in [-0.3, -0.25) is 4.79 Å². The van der Waals surface area contributed by atoms with Crippen LogP contribution in [0, 0.1) is 17.8 Å². The second-order valence-corrected chi connectivity index (χ2v) is 8.80. The number of nitrogens with one attached hydrogen (secondary N) is 1. The summed E-state index contributed by atoms with van der Waals surface area (Å²) in [6.45, 7) is 6.13. The molecule has 2 heterocycles. The lowest BCUT2D eigenvalue weighted by atomic mass is 9.93. The van der Waals surface area contributed by atoms with Crippen molar-refractivity contribution in [3.63, 3.8) is 0 Å². The minimum absolute atomic E-state index is 0.0120. The van der Waals surface area contributed by atoms with Gasteiger partial charge in [0.1, 0.15) is 13.1 Å². The average Bonchev–Trinajstić information content (AvgIpc) is 3.54. The highest BCUT2D eigenvalue weighted by molar-refractivity contribution is 5.97. The zero-order valence-corrected chi connectivity index (χ0v) is 17.3. The number of morpholine rings is 1. The molecule has 6 nitrogen and oxygen atoms in total. The van der Waals surface area contributed by atoms with Crippen molar-refractivity contribution in [2.45, 2.75) is 12.8 Å². The standard InChI is InChI=1S/C24H29N3O3/c28-24(22-23(30-17-25-22)19-4-2-1-3-5-19)27(9-8-26-10-12-29-13-11-26)16-21-15-18-6-7-20(21)14-18/h1-7,17-18,20-21H,8-16H2/p+1/t18-,20-,21-/m0/s1. The Kier molecular flexibility index (Phi) is 5.69. The molecule has 3 atom stereocenters. The lowest BCUT2D eigenvalue weighted by Crippen LogP contribution is -3.14. The number of allylic oxidation sites excluding steroid dienone is 2. The molecular weight excluding hydrogens is 378 g/mol. The zero-order chi connectivity index (χ0) is 20.3. The van der Waals surface area contributed by atoms with Crippen LogP contribution in [-0.2, 0) is 4.74 Å². The molecule has 1 saturated heterocycles. The Morgan fingerprint density at radius 1 is 1.13 bits per heavy atom. The van der Waals surface area contributed by atoms with E-state index in [0.717, 1.165) is 51.5 Å². The molecule has 5 rings (SSSR count). The van der Waals surface area contributed by atoms with Crippen molar-refractivity contribution < 1.29 is 18.8 Å². The second kappa shape index (κ2) is 8.74. The number of quaternary nitrogens is 1. The maximum absolute atomic E-state index is 13.6. The number of carbonyl (C=O) groups is 1. The summed E-state index contributed by atoms with van der Waals surface area (Å²) in [6.07, 6.45) is 8.55. The van der Waals surface area contributed by atoms with Crippen molar-refractivity contribution in [2.24, 2.45) is 17.8 Å². The molecule has 1 amide bonds. The number of fused-ring (bicyclic) bond motifs is 2. The minimum Gasteiger partial charge on any atom is -0.443 e. The van der Waals surface area contributed by atoms with Gasteiger partial charge in [-0.1, -0.05) is 42.5 Å². The van der Waals surface area contributed by atoms with E-state index in [4.69, 9.17) is 9.15 Å². The number of benzene rings is 1. The normalized spacial score (nSPS) is 25.7. The first-order valence-electron chi connectivity index (χ1n) is 11.2. The predicted molar refractivity (Wildman–Crippen MR) is 113 cm³/mol. The number of hydrogen-bond donors (Lipinski definition) is 1. The summed E-state index contributed by atoms with van der Waals surface area (Å²) in [7, 11) is 0. The minimum atomic E-state index is -0.0120. The highest BCUT2D eigenvalue weighted by atomic mass is 16.5. The average molecular weight is 409 g/mol. The SMILES string of the molecule is O=C(c1ncoc1-c1ccccc1)N(CC[NH+]1CCOCC1)C[C@@H]1C[C@H]2C=C[C@H]1C2. The van der Waals surface area contributed by atoms with E-state index in [-0.39, 0.29) is 5.91 Å². The molecule has 1 aromatic heterocycles. The summed E-state index contributed by atoms with van der Waals surface area (Å²) in [5.74, 6) is 2.43. The van der Waals surface area contributed by atoms with Crippen LogP contribution in [0.4, 0.5) is 0 Å². The summed E-state index contributed by atoms with van der Waals surface area (Å²) in [5.41, 5.74) is 1.32. The third-order valence-electron chi connectivity index (χ3n) is 6.90. The number of carbonyl (C=O) groups excluding carboxylic acids is 1. The van der Waals surface area contributed by atoms with Crippen LogP contribution in [0.2, 0.25) is 0 Å². The summed E-state index contributed by atoms with van der Waals surface area (Å²) in [4.78, 5) is 21.5. The molecule has 0 unspecified atom stereocenters. The lowest BCUT2D eigenvalue weighted by Gasteiger charge is -2.30. The van der Waals surface area contributed by atoms with Crippen LogP contribution in [-0.4, -0.2) is 61.7 Å². The van der Waals surface area contributed by atoms with Gasteiger partial charge in [-0.15, -0.1) is 0 Å². The highest BCUT2D eigenvalue weighted by Crippen LogP contribution is 2.43. The van der Waals surface area contributed by atoms with Crippen molar-refractivity contribution in [2.75, 3.05) is 45.9 Å². The number of aromatic nitrogens is 1. The fraction of sp³-hybridized carbons (Fsp3) is 0.500. The molecule has 30 heavy (non-hydrogen) atoms. The Bertz CT molecular complexity index is 888. The largest absolute Gasteiger partial charge is 0.443 e. The van der Waals surface area contributed by atoms with Gasteiger partial charge in [-0.05, 0) is 30.6 Å². The number of nitrogens with zero attached hydrogens (tertiary/aromatic N) is 2. The number of oxazole rings is 1. The Labute approximate surface area is 177 Å². The smallest absolute Gasteiger partial charge is 0.276 e. The number of ether oxygens (including phenoxy) is 1. The monoisotopic (exact) mass is 408 g/mol. The van der Waals surface area contributed by atoms with Gasteiger partial charge in [-0.25, -0.2) is 4.98 Å². The first-order chi connectivity index (χ1) is 14.8. The van der Waals surface area contributed by atoms with Crippen LogP contribution in [0.1, 0.15) is 23.3 Å². The van der Waals surface area contributed by atoms with E-state index in [1.54, 1.807) is 0 Å². The third kappa shape index (κ3) is 4.07. The predicted octanol–water partition coefficient (Wildman–Crippen LogP) is 1.91. The van der Waals surface area contributed by atoms with Crippen LogP contribution in [0.15, 0.2) is 53.3 Å². The van der Waals surface area contributed by atoms with Crippen molar-refractivity contribution in [3.8, 4) is 11.3 Å². The molecule has 3 aliphatic rings. The summed E-state index contributed by atoms with van der Waals surface area (Å²) >= 11 is 0. The first-order valence-corrected chi connectivity index (χ1v) is 11.2. The maximum atomic E-state index is 13.6. The molecule has 2 aromatic rings. The number of amides is 1. The molecule has 1 saturated carbocycles. The molecule has 0 radical (unpaired) electrons. The van der Waals surface area contributed by atoms with E-state index in [1.165, 1.54) is 24.1 Å². The van der Waals surface area contributed by atoms with Crippen molar-refractivity contribution in [1.82, 2.24) is 9.88 Å². The van der Waals surface area contributed by atoms with E-state index in [9.17, 15) is 4.79 Å². The summed E-state index contributed by atoms with van der Waals surface area (Å²) in [5, 5.41) is 0. The molecule has 2 fully saturated rings. The van der Waals surface area contributed by atoms with Gasteiger partial charge >= 0.3 is 0 Å². The van der Waals surface area contributed by atoms with Gasteiger partial charge in [-0.2, -0.15) is 0 Å². The molecule has 158 valence electrons. The van der Waals surface area contributed by atoms with Crippen LogP contribution in [0.3, 0.4) is 0 Å². The van der Waals surface area contributed by atoms with Gasteiger partial charge in [0.2, 0.25) is 0 Å². The molecular formula is C24H30N3O3+. The van der Waals surface area contributed by atoms with E-state index in [1.807, 2.05) is 35.2 Å². The quantitative estimate of drug-likeness (QED) is 0.711. The Morgan fingerprint density at radius 3 is 2.70 bits per heavy atom. The van der Waals surface area contributed by atoms with E-state index >= 15 is 0 Å². The molecule has 6 heteroatoms. The zero-order valence-electron chi connectivity index (χ0n) is 17.3. The lowest BCUT2D eigenvalue weighted by molar-refractivity contribution is -0.907. The Balaban J connectivity index is 1.34. The van der Waals surface area contributed by atoms with Gasteiger partial charge < -0.3 is 19.0 Å². The highest BCUT2D eigenvalue weighted by Gasteiger charge is 2.38. The molecule has 1 aliphatic heterocycles. The van der Waals surface area contributed by atoms with Crippen molar-refractivity contribution in [1.29, 1.82) is 0 Å². The molecule has 2 bridgehead atoms. The van der Waals surface area contributed by atoms with Gasteiger partial charge in [0.25, 0.3) is 5.91 Å². The first kappa shape index (κ1) is 19.5. The molecule has 1 aromatic carbocycles. The van der Waals surface area contributed by atoms with Crippen molar-refractivity contribution in [3.05, 3.63) is 54.6 Å². The Hall–Kier alpha value is -2.44. The molecule has 2 aliphatic carbocycles. The van der Waals surface area contributed by atoms with Crippen LogP contribution in [0.5, 0.6) is 0 Å². The fourth-order valence-electron chi connectivity index (χ4n) is 5.21. The maximum Gasteiger partial charge on any atom is 0.276 e. The summed E-state index contributed by atoms with van der Waals surface area (Å²) < 4.78 is 11.1. The van der Waals surface area contributed by atoms with E-state index in [2.05, 4.69) is 17.1 Å². The van der Waals surface area contributed by atoms with Crippen LogP contribution in [0.25, 0.3) is 11.3 Å². The van der Waals surface area contributed by atoms with Crippen LogP contribution < -0.4 is 4.90 Å². The van der Waals surface area contributed by atoms with E-state index in [0.29, 0.717) is 29.2 Å². The fourth-order valence-corrected chi connectivity index (χ4v) is 5.21. The van der Waals surface area contributed by atoms with Crippen molar-refractivity contribution >= 4 is 5.91 Å². The number of hydrogen-bond acceptors (Lipinski definition) is 4. The second-order valence-electron chi connectivity index (χ2n) is 8.80. The summed E-state index contributed by atoms with van der Waals surface area (Å²) in [6, 6.07) is 9.78. The van der Waals surface area contributed by atoms with Gasteiger partial charge in [0.15, 0.2) is 17.8 Å². The Morgan fingerprint density at radius 2 is 1.97 bits per heavy atom. The van der Waals surface area contributed by atoms with Crippen LogP contribution >= 0.6 is 0 Å². The molecule has 1 N–H and O–H groups in total. The van der Waals surface area contributed by atoms with Gasteiger partial charge in [0.05, 0.1) is 26.3 Å². The van der Waals surface area contributed by atoms with E-state index < -0.39 is 0 Å².